The third-order valence-electron chi connectivity index (χ3n) is 3.47. The van der Waals surface area contributed by atoms with Crippen LogP contribution in [0, 0.1) is 0 Å². The number of hydrogen-bond donors (Lipinski definition) is 1. The second-order valence-corrected chi connectivity index (χ2v) is 7.64. The van der Waals surface area contributed by atoms with Crippen molar-refractivity contribution in [1.82, 2.24) is 4.98 Å². The number of aromatic nitrogens is 1. The first-order chi connectivity index (χ1) is 11.4. The molecule has 2 aromatic carbocycles. The zero-order valence-electron chi connectivity index (χ0n) is 12.7. The van der Waals surface area contributed by atoms with Gasteiger partial charge in [-0.15, -0.1) is 0 Å². The number of hydrogen-bond acceptors (Lipinski definition) is 4. The molecule has 0 fully saturated rings. The average molecular weight is 361 g/mol. The third kappa shape index (κ3) is 3.25. The van der Waals surface area contributed by atoms with Gasteiger partial charge in [0.2, 0.25) is 0 Å². The Morgan fingerprint density at radius 2 is 1.88 bits per heavy atom. The van der Waals surface area contributed by atoms with E-state index in [-0.39, 0.29) is 15.5 Å². The van der Waals surface area contributed by atoms with Crippen LogP contribution in [0.5, 0.6) is 0 Å². The van der Waals surface area contributed by atoms with Crippen molar-refractivity contribution in [2.75, 3.05) is 11.6 Å². The molecule has 0 bridgehead atoms. The van der Waals surface area contributed by atoms with E-state index in [1.165, 1.54) is 18.2 Å². The largest absolute Gasteiger partial charge is 0.320 e. The topological polar surface area (TPSA) is 76.1 Å². The molecule has 5 nitrogen and oxygen atoms in total. The van der Waals surface area contributed by atoms with Crippen LogP contribution in [0.25, 0.3) is 10.9 Å². The van der Waals surface area contributed by atoms with Crippen LogP contribution in [-0.4, -0.2) is 25.6 Å². The number of fused-ring (bicyclic) bond motifs is 1. The van der Waals surface area contributed by atoms with Crippen LogP contribution in [0.3, 0.4) is 0 Å². The first-order valence-corrected chi connectivity index (χ1v) is 9.28. The van der Waals surface area contributed by atoms with E-state index in [0.717, 1.165) is 11.6 Å². The van der Waals surface area contributed by atoms with Crippen LogP contribution in [0.1, 0.15) is 10.4 Å². The summed E-state index contributed by atoms with van der Waals surface area (Å²) in [6.45, 7) is 0. The lowest BCUT2D eigenvalue weighted by Crippen LogP contribution is -2.13. The number of halogens is 1. The maximum Gasteiger partial charge on any atom is 0.255 e. The van der Waals surface area contributed by atoms with Gasteiger partial charge in [0.15, 0.2) is 9.84 Å². The Kier molecular flexibility index (Phi) is 4.26. The van der Waals surface area contributed by atoms with Crippen molar-refractivity contribution in [3.8, 4) is 0 Å². The molecule has 0 saturated heterocycles. The fraction of sp³-hybridized carbons (Fsp3) is 0.0588. The van der Waals surface area contributed by atoms with Crippen molar-refractivity contribution in [2.24, 2.45) is 0 Å². The molecule has 24 heavy (non-hydrogen) atoms. The molecule has 0 atom stereocenters. The first kappa shape index (κ1) is 16.4. The van der Waals surface area contributed by atoms with Crippen molar-refractivity contribution < 1.29 is 13.2 Å². The summed E-state index contributed by atoms with van der Waals surface area (Å²) in [7, 11) is -3.52. The molecular weight excluding hydrogens is 348 g/mol. The second-order valence-electron chi connectivity index (χ2n) is 5.25. The average Bonchev–Trinajstić information content (AvgIpc) is 2.54. The van der Waals surface area contributed by atoms with Gasteiger partial charge in [0.1, 0.15) is 0 Å². The van der Waals surface area contributed by atoms with E-state index in [0.29, 0.717) is 11.2 Å². The fourth-order valence-corrected chi connectivity index (χ4v) is 3.63. The number of carbonyl (C=O) groups is 1. The molecule has 3 rings (SSSR count). The quantitative estimate of drug-likeness (QED) is 0.775. The highest BCUT2D eigenvalue weighted by Crippen LogP contribution is 2.24. The van der Waals surface area contributed by atoms with Gasteiger partial charge in [-0.1, -0.05) is 29.8 Å². The molecule has 0 aliphatic carbocycles. The van der Waals surface area contributed by atoms with Gasteiger partial charge in [-0.3, -0.25) is 9.78 Å². The van der Waals surface area contributed by atoms with Crippen LogP contribution in [0.4, 0.5) is 5.69 Å². The highest BCUT2D eigenvalue weighted by Gasteiger charge is 2.16. The molecule has 0 aliphatic heterocycles. The summed E-state index contributed by atoms with van der Waals surface area (Å²) in [6.07, 6.45) is 2.69. The standard InChI is InChI=1S/C17H13ClN2O3S/c1-24(22,23)15-10-12(7-8-13(15)18)17(21)20-14-6-2-4-11-5-3-9-19-16(11)14/h2-10H,1H3,(H,20,21). The lowest BCUT2D eigenvalue weighted by Gasteiger charge is -2.09. The van der Waals surface area contributed by atoms with Crippen molar-refractivity contribution >= 4 is 43.9 Å². The summed E-state index contributed by atoms with van der Waals surface area (Å²) in [4.78, 5) is 16.7. The van der Waals surface area contributed by atoms with Gasteiger partial charge in [-0.2, -0.15) is 0 Å². The predicted octanol–water partition coefficient (Wildman–Crippen LogP) is 3.54. The van der Waals surface area contributed by atoms with Gasteiger partial charge in [-0.25, -0.2) is 8.42 Å². The maximum absolute atomic E-state index is 12.5. The van der Waals surface area contributed by atoms with Gasteiger partial charge in [-0.05, 0) is 30.3 Å². The summed E-state index contributed by atoms with van der Waals surface area (Å²) >= 11 is 5.90. The minimum absolute atomic E-state index is 0.0761. The van der Waals surface area contributed by atoms with Gasteiger partial charge in [0.25, 0.3) is 5.91 Å². The number of benzene rings is 2. The van der Waals surface area contributed by atoms with Crippen molar-refractivity contribution in [3.63, 3.8) is 0 Å². The summed E-state index contributed by atoms with van der Waals surface area (Å²) in [6, 6.07) is 13.3. The highest BCUT2D eigenvalue weighted by molar-refractivity contribution is 7.90. The predicted molar refractivity (Wildman–Crippen MR) is 94.3 cm³/mol. The van der Waals surface area contributed by atoms with Crippen molar-refractivity contribution in [2.45, 2.75) is 4.90 Å². The van der Waals surface area contributed by atoms with Crippen LogP contribution in [0.15, 0.2) is 59.6 Å². The number of sulfone groups is 1. The summed E-state index contributed by atoms with van der Waals surface area (Å²) < 4.78 is 23.5. The number of carbonyl (C=O) groups excluding carboxylic acids is 1. The van der Waals surface area contributed by atoms with E-state index in [2.05, 4.69) is 10.3 Å². The zero-order chi connectivity index (χ0) is 17.3. The van der Waals surface area contributed by atoms with Crippen molar-refractivity contribution in [3.05, 3.63) is 65.3 Å². The van der Waals surface area contributed by atoms with Gasteiger partial charge in [0.05, 0.1) is 21.1 Å². The van der Waals surface area contributed by atoms with Crippen molar-refractivity contribution in [1.29, 1.82) is 0 Å². The molecule has 1 amide bonds. The lowest BCUT2D eigenvalue weighted by molar-refractivity contribution is 0.102. The van der Waals surface area contributed by atoms with E-state index in [1.807, 2.05) is 24.3 Å². The molecule has 122 valence electrons. The van der Waals surface area contributed by atoms with Gasteiger partial charge < -0.3 is 5.32 Å². The summed E-state index contributed by atoms with van der Waals surface area (Å²) in [5.41, 5.74) is 1.41. The van der Waals surface area contributed by atoms with Crippen LogP contribution in [-0.2, 0) is 9.84 Å². The number of amides is 1. The van der Waals surface area contributed by atoms with E-state index in [4.69, 9.17) is 11.6 Å². The molecule has 7 heteroatoms. The molecule has 0 aliphatic rings. The van der Waals surface area contributed by atoms with E-state index in [1.54, 1.807) is 12.3 Å². The molecular formula is C17H13ClN2O3S. The first-order valence-electron chi connectivity index (χ1n) is 7.01. The summed E-state index contributed by atoms with van der Waals surface area (Å²) in [5.74, 6) is -0.435. The monoisotopic (exact) mass is 360 g/mol. The highest BCUT2D eigenvalue weighted by atomic mass is 35.5. The molecule has 1 heterocycles. The Balaban J connectivity index is 1.98. The van der Waals surface area contributed by atoms with E-state index >= 15 is 0 Å². The number of rotatable bonds is 3. The molecule has 0 unspecified atom stereocenters. The van der Waals surface area contributed by atoms with E-state index < -0.39 is 15.7 Å². The Morgan fingerprint density at radius 1 is 1.12 bits per heavy atom. The Morgan fingerprint density at radius 3 is 2.62 bits per heavy atom. The second kappa shape index (κ2) is 6.22. The van der Waals surface area contributed by atoms with Crippen LogP contribution < -0.4 is 5.32 Å². The Bertz CT molecular complexity index is 1040. The molecule has 3 aromatic rings. The van der Waals surface area contributed by atoms with Crippen LogP contribution >= 0.6 is 11.6 Å². The Hall–Kier alpha value is -2.44. The smallest absolute Gasteiger partial charge is 0.255 e. The molecule has 1 aromatic heterocycles. The number of nitrogens with one attached hydrogen (secondary N) is 1. The normalized spacial score (nSPS) is 11.4. The summed E-state index contributed by atoms with van der Waals surface area (Å²) in [5, 5.41) is 3.74. The third-order valence-corrected chi connectivity index (χ3v) is 5.05. The number of para-hydroxylation sites is 1. The maximum atomic E-state index is 12.5. The van der Waals surface area contributed by atoms with Crippen LogP contribution in [0.2, 0.25) is 5.02 Å². The minimum atomic E-state index is -3.52. The van der Waals surface area contributed by atoms with Gasteiger partial charge in [0, 0.05) is 23.4 Å². The Labute approximate surface area is 144 Å². The zero-order valence-corrected chi connectivity index (χ0v) is 14.2. The minimum Gasteiger partial charge on any atom is -0.320 e. The fourth-order valence-electron chi connectivity index (χ4n) is 2.33. The molecule has 1 N–H and O–H groups in total. The number of pyridine rings is 1. The van der Waals surface area contributed by atoms with Gasteiger partial charge >= 0.3 is 0 Å². The molecule has 0 spiro atoms. The number of nitrogens with zero attached hydrogens (tertiary/aromatic N) is 1. The lowest BCUT2D eigenvalue weighted by atomic mass is 10.1. The number of anilines is 1. The molecule has 0 saturated carbocycles. The SMILES string of the molecule is CS(=O)(=O)c1cc(C(=O)Nc2cccc3cccnc23)ccc1Cl. The van der Waals surface area contributed by atoms with E-state index in [9.17, 15) is 13.2 Å². The molecule has 0 radical (unpaired) electrons.